The Labute approximate surface area is 166 Å². The number of aryl methyl sites for hydroxylation is 1. The Kier molecular flexibility index (Phi) is 4.72. The molecule has 2 atom stereocenters. The number of hydrogen-bond acceptors (Lipinski definition) is 7. The van der Waals surface area contributed by atoms with E-state index in [2.05, 4.69) is 0 Å². The lowest BCUT2D eigenvalue weighted by atomic mass is 9.84. The van der Waals surface area contributed by atoms with Crippen molar-refractivity contribution in [2.24, 2.45) is 0 Å². The van der Waals surface area contributed by atoms with E-state index in [4.69, 9.17) is 9.15 Å². The summed E-state index contributed by atoms with van der Waals surface area (Å²) in [5.74, 6) is 0.320. The Morgan fingerprint density at radius 3 is 2.72 bits per heavy atom. The molecular weight excluding hydrogens is 376 g/mol. The van der Waals surface area contributed by atoms with Crippen LogP contribution in [0.3, 0.4) is 0 Å². The Morgan fingerprint density at radius 2 is 2.00 bits per heavy atom. The van der Waals surface area contributed by atoms with Gasteiger partial charge in [-0.15, -0.1) is 0 Å². The van der Waals surface area contributed by atoms with Crippen LogP contribution in [0.1, 0.15) is 30.2 Å². The number of ether oxygens (including phenoxy) is 1. The number of rotatable bonds is 4. The number of aliphatic hydroxyl groups excluding tert-OH is 2. The van der Waals surface area contributed by atoms with Crippen LogP contribution >= 0.6 is 0 Å². The van der Waals surface area contributed by atoms with Crippen molar-refractivity contribution in [1.29, 1.82) is 0 Å². The zero-order valence-corrected chi connectivity index (χ0v) is 15.9. The highest BCUT2D eigenvalue weighted by Crippen LogP contribution is 2.43. The zero-order valence-electron chi connectivity index (χ0n) is 15.9. The highest BCUT2D eigenvalue weighted by Gasteiger charge is 2.41. The van der Waals surface area contributed by atoms with E-state index in [1.54, 1.807) is 25.1 Å². The van der Waals surface area contributed by atoms with Crippen molar-refractivity contribution in [2.75, 3.05) is 0 Å². The fourth-order valence-electron chi connectivity index (χ4n) is 3.79. The van der Waals surface area contributed by atoms with E-state index in [0.717, 1.165) is 11.6 Å². The number of benzene rings is 2. The van der Waals surface area contributed by atoms with Gasteiger partial charge in [0, 0.05) is 24.1 Å². The van der Waals surface area contributed by atoms with Gasteiger partial charge in [-0.3, -0.25) is 4.79 Å². The van der Waals surface area contributed by atoms with Crippen LogP contribution in [-0.2, 0) is 19.4 Å². The maximum Gasteiger partial charge on any atom is 0.196 e. The first-order valence-corrected chi connectivity index (χ1v) is 9.38. The average molecular weight is 398 g/mol. The van der Waals surface area contributed by atoms with Crippen molar-refractivity contribution in [2.45, 2.75) is 44.5 Å². The SMILES string of the molecule is C[C@]1(CCc2cccc(O)c2)Oc2cc3oc(CO)cc(=O)c3c(O)c2C[C@H]1O. The number of phenols is 2. The fraction of sp³-hybridized carbons (Fsp3) is 0.318. The maximum atomic E-state index is 12.3. The second-order valence-corrected chi connectivity index (χ2v) is 7.61. The minimum Gasteiger partial charge on any atom is -0.508 e. The summed E-state index contributed by atoms with van der Waals surface area (Å²) in [5.41, 5.74) is -0.0310. The summed E-state index contributed by atoms with van der Waals surface area (Å²) in [6, 6.07) is 9.55. The molecule has 0 aliphatic carbocycles. The molecule has 1 aliphatic heterocycles. The van der Waals surface area contributed by atoms with E-state index in [9.17, 15) is 25.2 Å². The first kappa shape index (κ1) is 19.3. The second kappa shape index (κ2) is 7.09. The highest BCUT2D eigenvalue weighted by atomic mass is 16.5. The van der Waals surface area contributed by atoms with Crippen molar-refractivity contribution in [3.63, 3.8) is 0 Å². The molecule has 3 aromatic rings. The molecule has 0 fully saturated rings. The molecule has 7 heteroatoms. The van der Waals surface area contributed by atoms with Crippen LogP contribution in [0, 0.1) is 0 Å². The number of hydrogen-bond donors (Lipinski definition) is 4. The molecule has 4 rings (SSSR count). The molecule has 152 valence electrons. The normalized spacial score (nSPS) is 21.0. The maximum absolute atomic E-state index is 12.3. The molecule has 0 amide bonds. The summed E-state index contributed by atoms with van der Waals surface area (Å²) in [6.07, 6.45) is 0.255. The van der Waals surface area contributed by atoms with Gasteiger partial charge in [0.2, 0.25) is 0 Å². The standard InChI is InChI=1S/C22H22O7/c1-22(6-5-12-3-2-4-13(24)7-12)19(26)9-15-17(29-22)10-18-20(21(15)27)16(25)8-14(11-23)28-18/h2-4,7-8,10,19,23-24,26-27H,5-6,9,11H2,1H3/t19-,22-/m1/s1. The van der Waals surface area contributed by atoms with Gasteiger partial charge < -0.3 is 29.6 Å². The molecule has 0 saturated carbocycles. The zero-order chi connectivity index (χ0) is 20.8. The smallest absolute Gasteiger partial charge is 0.196 e. The molecule has 0 radical (unpaired) electrons. The number of phenolic OH excluding ortho intramolecular Hbond substituents is 2. The summed E-state index contributed by atoms with van der Waals surface area (Å²) < 4.78 is 11.6. The van der Waals surface area contributed by atoms with Gasteiger partial charge in [0.15, 0.2) is 5.43 Å². The van der Waals surface area contributed by atoms with Crippen LogP contribution in [0.15, 0.2) is 45.6 Å². The van der Waals surface area contributed by atoms with E-state index < -0.39 is 23.7 Å². The summed E-state index contributed by atoms with van der Waals surface area (Å²) in [4.78, 5) is 12.3. The van der Waals surface area contributed by atoms with Gasteiger partial charge in [0.05, 0.1) is 6.10 Å². The van der Waals surface area contributed by atoms with Gasteiger partial charge in [0.25, 0.3) is 0 Å². The summed E-state index contributed by atoms with van der Waals surface area (Å²) >= 11 is 0. The van der Waals surface area contributed by atoms with E-state index in [-0.39, 0.29) is 34.6 Å². The Balaban J connectivity index is 1.70. The molecular formula is C22H22O7. The summed E-state index contributed by atoms with van der Waals surface area (Å²) in [6.45, 7) is 1.34. The van der Waals surface area contributed by atoms with Crippen molar-refractivity contribution in [1.82, 2.24) is 0 Å². The molecule has 2 heterocycles. The lowest BCUT2D eigenvalue weighted by Crippen LogP contribution is -2.49. The molecule has 4 N–H and O–H groups in total. The minimum absolute atomic E-state index is 0.000105. The molecule has 2 aromatic carbocycles. The van der Waals surface area contributed by atoms with Gasteiger partial charge in [-0.25, -0.2) is 0 Å². The van der Waals surface area contributed by atoms with Crippen LogP contribution in [0.4, 0.5) is 0 Å². The van der Waals surface area contributed by atoms with Gasteiger partial charge >= 0.3 is 0 Å². The van der Waals surface area contributed by atoms with Crippen molar-refractivity contribution < 1.29 is 29.6 Å². The number of fused-ring (bicyclic) bond motifs is 2. The molecule has 29 heavy (non-hydrogen) atoms. The minimum atomic E-state index is -0.937. The van der Waals surface area contributed by atoms with Crippen molar-refractivity contribution >= 4 is 11.0 Å². The third-order valence-corrected chi connectivity index (χ3v) is 5.53. The number of aromatic hydroxyl groups is 2. The van der Waals surface area contributed by atoms with E-state index in [1.807, 2.05) is 6.07 Å². The topological polar surface area (TPSA) is 120 Å². The van der Waals surface area contributed by atoms with Crippen LogP contribution < -0.4 is 10.2 Å². The Morgan fingerprint density at radius 1 is 1.21 bits per heavy atom. The van der Waals surface area contributed by atoms with Gasteiger partial charge in [-0.05, 0) is 37.5 Å². The first-order valence-electron chi connectivity index (χ1n) is 9.38. The molecule has 7 nitrogen and oxygen atoms in total. The van der Waals surface area contributed by atoms with Crippen LogP contribution in [-0.4, -0.2) is 32.1 Å². The average Bonchev–Trinajstić information content (AvgIpc) is 2.68. The van der Waals surface area contributed by atoms with Crippen LogP contribution in [0.2, 0.25) is 0 Å². The monoisotopic (exact) mass is 398 g/mol. The van der Waals surface area contributed by atoms with E-state index in [0.29, 0.717) is 24.2 Å². The molecule has 0 spiro atoms. The van der Waals surface area contributed by atoms with Gasteiger partial charge in [-0.2, -0.15) is 0 Å². The van der Waals surface area contributed by atoms with Crippen LogP contribution in [0.5, 0.6) is 17.2 Å². The van der Waals surface area contributed by atoms with E-state index in [1.165, 1.54) is 6.07 Å². The fourth-order valence-corrected chi connectivity index (χ4v) is 3.79. The quantitative estimate of drug-likeness (QED) is 0.532. The lowest BCUT2D eigenvalue weighted by Gasteiger charge is -2.40. The molecule has 0 unspecified atom stereocenters. The van der Waals surface area contributed by atoms with Gasteiger partial charge in [0.1, 0.15) is 46.2 Å². The Bertz CT molecular complexity index is 1130. The predicted octanol–water partition coefficient (Wildman–Crippen LogP) is 2.38. The lowest BCUT2D eigenvalue weighted by molar-refractivity contribution is -0.0595. The summed E-state index contributed by atoms with van der Waals surface area (Å²) in [5, 5.41) is 40.3. The first-order chi connectivity index (χ1) is 13.8. The third kappa shape index (κ3) is 3.43. The third-order valence-electron chi connectivity index (χ3n) is 5.53. The largest absolute Gasteiger partial charge is 0.508 e. The molecule has 0 saturated heterocycles. The number of aliphatic hydroxyl groups is 2. The Hall–Kier alpha value is -3.03. The molecule has 0 bridgehead atoms. The predicted molar refractivity (Wildman–Crippen MR) is 105 cm³/mol. The van der Waals surface area contributed by atoms with Gasteiger partial charge in [-0.1, -0.05) is 12.1 Å². The molecule has 1 aliphatic rings. The van der Waals surface area contributed by atoms with E-state index >= 15 is 0 Å². The highest BCUT2D eigenvalue weighted by molar-refractivity contribution is 5.87. The van der Waals surface area contributed by atoms with Crippen LogP contribution in [0.25, 0.3) is 11.0 Å². The van der Waals surface area contributed by atoms with Crippen molar-refractivity contribution in [3.8, 4) is 17.2 Å². The molecule has 1 aromatic heterocycles. The second-order valence-electron chi connectivity index (χ2n) is 7.61. The van der Waals surface area contributed by atoms with Crippen molar-refractivity contribution in [3.05, 3.63) is 63.5 Å². The summed E-state index contributed by atoms with van der Waals surface area (Å²) in [7, 11) is 0.